The van der Waals surface area contributed by atoms with Gasteiger partial charge < -0.3 is 20.4 Å². The van der Waals surface area contributed by atoms with E-state index in [2.05, 4.69) is 5.16 Å². The van der Waals surface area contributed by atoms with E-state index in [1.807, 2.05) is 27.7 Å². The van der Waals surface area contributed by atoms with Gasteiger partial charge in [-0.1, -0.05) is 22.8 Å². The minimum Gasteiger partial charge on any atom is -0.486 e. The normalized spacial score (nSPS) is 24.0. The lowest BCUT2D eigenvalue weighted by Crippen LogP contribution is -2.37. The quantitative estimate of drug-likeness (QED) is 0.389. The maximum Gasteiger partial charge on any atom is 0.175 e. The molecule has 1 fully saturated rings. The fourth-order valence-electron chi connectivity index (χ4n) is 2.75. The van der Waals surface area contributed by atoms with Gasteiger partial charge in [0.25, 0.3) is 0 Å². The zero-order chi connectivity index (χ0) is 15.8. The third kappa shape index (κ3) is 3.24. The van der Waals surface area contributed by atoms with Crippen LogP contribution < -0.4 is 10.5 Å². The van der Waals surface area contributed by atoms with E-state index in [9.17, 15) is 0 Å². The summed E-state index contributed by atoms with van der Waals surface area (Å²) in [5, 5.41) is 12.3. The molecule has 0 spiro atoms. The molecule has 6 heteroatoms. The Bertz CT molecular complexity index is 570. The highest BCUT2D eigenvalue weighted by Crippen LogP contribution is 2.40. The molecule has 1 aliphatic heterocycles. The zero-order valence-electron chi connectivity index (χ0n) is 12.7. The second kappa shape index (κ2) is 5.39. The maximum atomic E-state index is 8.91. The number of ether oxygens (including phenoxy) is 2. The Morgan fingerprint density at radius 1 is 1.43 bits per heavy atom. The first kappa shape index (κ1) is 15.9. The molecular formula is C15H21ClN2O3. The molecule has 0 aliphatic carbocycles. The molecule has 0 amide bonds. The van der Waals surface area contributed by atoms with Crippen molar-refractivity contribution < 1.29 is 14.7 Å². The van der Waals surface area contributed by atoms with Crippen LogP contribution in [0.4, 0.5) is 0 Å². The maximum absolute atomic E-state index is 8.91. The van der Waals surface area contributed by atoms with Crippen LogP contribution in [0.3, 0.4) is 0 Å². The van der Waals surface area contributed by atoms with Crippen LogP contribution in [-0.2, 0) is 4.74 Å². The predicted octanol–water partition coefficient (Wildman–Crippen LogP) is 3.16. The number of halogens is 1. The molecule has 21 heavy (non-hydrogen) atoms. The SMILES string of the molecule is CC1(C)CC(Oc2cccc(Cl)c2/C(N)=N/O)C(C)(C)O1. The lowest BCUT2D eigenvalue weighted by atomic mass is 9.97. The summed E-state index contributed by atoms with van der Waals surface area (Å²) in [6.45, 7) is 8.03. The smallest absolute Gasteiger partial charge is 0.175 e. The van der Waals surface area contributed by atoms with Crippen LogP contribution in [0, 0.1) is 0 Å². The standard InChI is InChI=1S/C15H21ClN2O3/c1-14(2)8-11(15(3,4)21-14)20-10-7-5-6-9(16)12(10)13(17)18-19/h5-7,11,19H,8H2,1-4H3,(H2,17,18). The van der Waals surface area contributed by atoms with Crippen LogP contribution in [0.15, 0.2) is 23.4 Å². The topological polar surface area (TPSA) is 77.1 Å². The Labute approximate surface area is 129 Å². The highest BCUT2D eigenvalue weighted by atomic mass is 35.5. The number of amidine groups is 1. The van der Waals surface area contributed by atoms with E-state index in [0.717, 1.165) is 6.42 Å². The van der Waals surface area contributed by atoms with Crippen molar-refractivity contribution in [2.45, 2.75) is 51.4 Å². The number of hydrogen-bond donors (Lipinski definition) is 2. The largest absolute Gasteiger partial charge is 0.486 e. The minimum absolute atomic E-state index is 0.0772. The van der Waals surface area contributed by atoms with Crippen molar-refractivity contribution >= 4 is 17.4 Å². The number of rotatable bonds is 3. The van der Waals surface area contributed by atoms with Gasteiger partial charge in [-0.05, 0) is 39.8 Å². The summed E-state index contributed by atoms with van der Waals surface area (Å²) in [4.78, 5) is 0. The van der Waals surface area contributed by atoms with Gasteiger partial charge in [-0.15, -0.1) is 0 Å². The Balaban J connectivity index is 2.35. The van der Waals surface area contributed by atoms with Crippen LogP contribution in [0.1, 0.15) is 39.7 Å². The van der Waals surface area contributed by atoms with Crippen molar-refractivity contribution in [3.05, 3.63) is 28.8 Å². The van der Waals surface area contributed by atoms with Gasteiger partial charge in [-0.2, -0.15) is 0 Å². The molecule has 1 unspecified atom stereocenters. The average molecular weight is 313 g/mol. The van der Waals surface area contributed by atoms with Gasteiger partial charge >= 0.3 is 0 Å². The molecule has 1 aromatic carbocycles. The molecule has 1 atom stereocenters. The first-order valence-electron chi connectivity index (χ1n) is 6.79. The zero-order valence-corrected chi connectivity index (χ0v) is 13.4. The summed E-state index contributed by atoms with van der Waals surface area (Å²) in [7, 11) is 0. The van der Waals surface area contributed by atoms with Gasteiger partial charge in [0.15, 0.2) is 5.84 Å². The molecule has 1 aromatic rings. The first-order chi connectivity index (χ1) is 9.66. The van der Waals surface area contributed by atoms with Crippen LogP contribution in [0.25, 0.3) is 0 Å². The molecule has 3 N–H and O–H groups in total. The van der Waals surface area contributed by atoms with Crippen molar-refractivity contribution in [1.82, 2.24) is 0 Å². The first-order valence-corrected chi connectivity index (χ1v) is 7.17. The van der Waals surface area contributed by atoms with Crippen molar-refractivity contribution in [1.29, 1.82) is 0 Å². The number of nitrogens with two attached hydrogens (primary N) is 1. The Kier molecular flexibility index (Phi) is 4.08. The van der Waals surface area contributed by atoms with E-state index >= 15 is 0 Å². The molecule has 1 saturated heterocycles. The molecule has 0 radical (unpaired) electrons. The van der Waals surface area contributed by atoms with Crippen molar-refractivity contribution in [2.24, 2.45) is 10.9 Å². The van der Waals surface area contributed by atoms with Crippen LogP contribution in [0.5, 0.6) is 5.75 Å². The molecule has 0 saturated carbocycles. The van der Waals surface area contributed by atoms with Gasteiger partial charge in [0.05, 0.1) is 16.2 Å². The Morgan fingerprint density at radius 2 is 2.10 bits per heavy atom. The van der Waals surface area contributed by atoms with Crippen molar-refractivity contribution in [2.75, 3.05) is 0 Å². The van der Waals surface area contributed by atoms with E-state index in [-0.39, 0.29) is 17.5 Å². The van der Waals surface area contributed by atoms with E-state index in [4.69, 9.17) is 32.0 Å². The number of benzene rings is 1. The van der Waals surface area contributed by atoms with Gasteiger partial charge in [-0.3, -0.25) is 0 Å². The predicted molar refractivity (Wildman–Crippen MR) is 82.2 cm³/mol. The third-order valence-corrected chi connectivity index (χ3v) is 3.92. The number of oxime groups is 1. The second-order valence-electron chi connectivity index (χ2n) is 6.37. The third-order valence-electron chi connectivity index (χ3n) is 3.60. The Morgan fingerprint density at radius 3 is 2.62 bits per heavy atom. The fraction of sp³-hybridized carbons (Fsp3) is 0.533. The monoisotopic (exact) mass is 312 g/mol. The van der Waals surface area contributed by atoms with E-state index < -0.39 is 5.60 Å². The highest BCUT2D eigenvalue weighted by Gasteiger charge is 2.47. The van der Waals surface area contributed by atoms with Gasteiger partial charge in [0, 0.05) is 6.42 Å². The minimum atomic E-state index is -0.436. The summed E-state index contributed by atoms with van der Waals surface area (Å²) < 4.78 is 12.1. The number of nitrogens with zero attached hydrogens (tertiary/aromatic N) is 1. The number of hydrogen-bond acceptors (Lipinski definition) is 4. The summed E-state index contributed by atoms with van der Waals surface area (Å²) in [6.07, 6.45) is 0.582. The Hall–Kier alpha value is -1.46. The molecule has 0 aromatic heterocycles. The molecule has 1 heterocycles. The van der Waals surface area contributed by atoms with Crippen molar-refractivity contribution in [3.63, 3.8) is 0 Å². The summed E-state index contributed by atoms with van der Waals surface area (Å²) in [5.74, 6) is 0.406. The highest BCUT2D eigenvalue weighted by molar-refractivity contribution is 6.34. The molecule has 0 bridgehead atoms. The van der Waals surface area contributed by atoms with E-state index in [1.54, 1.807) is 18.2 Å². The molecule has 2 rings (SSSR count). The van der Waals surface area contributed by atoms with Gasteiger partial charge in [0.2, 0.25) is 0 Å². The van der Waals surface area contributed by atoms with Crippen molar-refractivity contribution in [3.8, 4) is 5.75 Å². The lowest BCUT2D eigenvalue weighted by Gasteiger charge is -2.28. The second-order valence-corrected chi connectivity index (χ2v) is 6.78. The summed E-state index contributed by atoms with van der Waals surface area (Å²) in [5.41, 5.74) is 5.39. The molecular weight excluding hydrogens is 292 g/mol. The molecule has 1 aliphatic rings. The van der Waals surface area contributed by atoms with E-state index in [1.165, 1.54) is 0 Å². The van der Waals surface area contributed by atoms with Crippen LogP contribution >= 0.6 is 11.6 Å². The van der Waals surface area contributed by atoms with Gasteiger partial charge in [0.1, 0.15) is 17.5 Å². The molecule has 5 nitrogen and oxygen atoms in total. The lowest BCUT2D eigenvalue weighted by molar-refractivity contribution is -0.0846. The average Bonchev–Trinajstić information content (AvgIpc) is 2.56. The van der Waals surface area contributed by atoms with Crippen LogP contribution in [0.2, 0.25) is 5.02 Å². The van der Waals surface area contributed by atoms with Crippen LogP contribution in [-0.4, -0.2) is 28.3 Å². The van der Waals surface area contributed by atoms with Gasteiger partial charge in [-0.25, -0.2) is 0 Å². The molecule has 116 valence electrons. The fourth-order valence-corrected chi connectivity index (χ4v) is 3.01. The summed E-state index contributed by atoms with van der Waals surface area (Å²) in [6, 6.07) is 5.18. The summed E-state index contributed by atoms with van der Waals surface area (Å²) >= 11 is 6.13. The van der Waals surface area contributed by atoms with E-state index in [0.29, 0.717) is 16.3 Å².